The first-order valence-corrected chi connectivity index (χ1v) is 8.87. The average molecular weight is 372 g/mol. The van der Waals surface area contributed by atoms with Crippen LogP contribution in [0.5, 0.6) is 0 Å². The molecule has 1 atom stereocenters. The molecule has 140 valence electrons. The van der Waals surface area contributed by atoms with E-state index in [0.717, 1.165) is 37.7 Å². The van der Waals surface area contributed by atoms with Gasteiger partial charge < -0.3 is 5.32 Å². The Morgan fingerprint density at radius 2 is 1.93 bits per heavy atom. The fourth-order valence-corrected chi connectivity index (χ4v) is 3.36. The zero-order valence-electron chi connectivity index (χ0n) is 14.6. The number of pyridine rings is 1. The summed E-state index contributed by atoms with van der Waals surface area (Å²) in [5.74, 6) is 0. The molecule has 27 heavy (non-hydrogen) atoms. The zero-order chi connectivity index (χ0) is 18.9. The molecule has 1 aromatic carbocycles. The van der Waals surface area contributed by atoms with Crippen LogP contribution in [0.25, 0.3) is 11.3 Å². The predicted molar refractivity (Wildman–Crippen MR) is 95.9 cm³/mol. The van der Waals surface area contributed by atoms with E-state index in [0.29, 0.717) is 17.3 Å². The lowest BCUT2D eigenvalue weighted by Crippen LogP contribution is -2.36. The molecule has 0 amide bonds. The Hall–Kier alpha value is -2.67. The normalized spacial score (nSPS) is 16.9. The third-order valence-corrected chi connectivity index (χ3v) is 4.79. The Kier molecular flexibility index (Phi) is 4.70. The van der Waals surface area contributed by atoms with E-state index in [1.807, 2.05) is 28.9 Å². The molecule has 1 N–H and O–H groups in total. The van der Waals surface area contributed by atoms with Crippen molar-refractivity contribution < 1.29 is 13.2 Å². The fourth-order valence-electron chi connectivity index (χ4n) is 3.36. The topological polar surface area (TPSA) is 42.7 Å². The van der Waals surface area contributed by atoms with Crippen molar-refractivity contribution >= 4 is 0 Å². The third kappa shape index (κ3) is 4.03. The number of nitrogens with one attached hydrogen (secondary N) is 1. The first-order valence-electron chi connectivity index (χ1n) is 8.87. The second-order valence-electron chi connectivity index (χ2n) is 6.73. The highest BCUT2D eigenvalue weighted by molar-refractivity contribution is 5.59. The second kappa shape index (κ2) is 7.15. The van der Waals surface area contributed by atoms with Gasteiger partial charge in [-0.1, -0.05) is 30.3 Å². The summed E-state index contributed by atoms with van der Waals surface area (Å²) >= 11 is 0. The van der Waals surface area contributed by atoms with Crippen LogP contribution in [-0.2, 0) is 25.7 Å². The molecule has 2 aromatic heterocycles. The Morgan fingerprint density at radius 3 is 2.70 bits per heavy atom. The van der Waals surface area contributed by atoms with Crippen LogP contribution in [0.1, 0.15) is 23.4 Å². The first kappa shape index (κ1) is 17.7. The first-order chi connectivity index (χ1) is 13.0. The summed E-state index contributed by atoms with van der Waals surface area (Å²) < 4.78 is 40.6. The van der Waals surface area contributed by atoms with Gasteiger partial charge in [0, 0.05) is 43.0 Å². The van der Waals surface area contributed by atoms with Crippen molar-refractivity contribution in [3.05, 3.63) is 71.7 Å². The molecule has 4 rings (SSSR count). The minimum atomic E-state index is -4.46. The highest BCUT2D eigenvalue weighted by atomic mass is 19.4. The summed E-state index contributed by atoms with van der Waals surface area (Å²) in [6.07, 6.45) is -1.54. The molecule has 0 fully saturated rings. The van der Waals surface area contributed by atoms with Gasteiger partial charge in [0.2, 0.25) is 0 Å². The van der Waals surface area contributed by atoms with Gasteiger partial charge in [0.05, 0.1) is 5.69 Å². The maximum Gasteiger partial charge on any atom is 0.433 e. The Bertz CT molecular complexity index is 918. The van der Waals surface area contributed by atoms with E-state index < -0.39 is 11.9 Å². The molecule has 7 heteroatoms. The summed E-state index contributed by atoms with van der Waals surface area (Å²) in [7, 11) is 0. The molecule has 1 aliphatic rings. The number of alkyl halides is 3. The number of halogens is 3. The number of hydrogen-bond donors (Lipinski definition) is 1. The molecule has 3 aromatic rings. The maximum atomic E-state index is 12.9. The zero-order valence-corrected chi connectivity index (χ0v) is 14.6. The molecule has 1 aliphatic heterocycles. The monoisotopic (exact) mass is 372 g/mol. The van der Waals surface area contributed by atoms with E-state index in [4.69, 9.17) is 0 Å². The van der Waals surface area contributed by atoms with Crippen LogP contribution < -0.4 is 5.32 Å². The molecular weight excluding hydrogens is 353 g/mol. The number of nitrogens with zero attached hydrogens (tertiary/aromatic N) is 3. The van der Waals surface area contributed by atoms with E-state index in [-0.39, 0.29) is 0 Å². The minimum absolute atomic E-state index is 0.324. The Balaban J connectivity index is 1.47. The molecule has 0 spiro atoms. The lowest BCUT2D eigenvalue weighted by molar-refractivity contribution is -0.141. The number of hydrogen-bond acceptors (Lipinski definition) is 3. The summed E-state index contributed by atoms with van der Waals surface area (Å²) in [4.78, 5) is 3.41. The largest absolute Gasteiger partial charge is 0.433 e. The summed E-state index contributed by atoms with van der Waals surface area (Å²) in [6, 6.07) is 15.0. The van der Waals surface area contributed by atoms with E-state index in [1.165, 1.54) is 11.8 Å². The summed E-state index contributed by atoms with van der Waals surface area (Å²) in [6.45, 7) is 1.55. The van der Waals surface area contributed by atoms with Gasteiger partial charge in [-0.2, -0.15) is 18.3 Å². The lowest BCUT2D eigenvalue weighted by atomic mass is 10.0. The van der Waals surface area contributed by atoms with Crippen LogP contribution in [0.15, 0.2) is 54.7 Å². The average Bonchev–Trinajstić information content (AvgIpc) is 3.10. The fraction of sp³-hybridized carbons (Fsp3) is 0.300. The lowest BCUT2D eigenvalue weighted by Gasteiger charge is -2.24. The molecule has 4 nitrogen and oxygen atoms in total. The van der Waals surface area contributed by atoms with Crippen LogP contribution in [-0.4, -0.2) is 20.8 Å². The van der Waals surface area contributed by atoms with Crippen molar-refractivity contribution in [2.45, 2.75) is 38.1 Å². The standard InChI is InChI=1S/C20H19F3N4/c21-20(22,23)19-10-15(6-8-24-19)18-12-17-11-16(7-9-27(17)26-18)25-13-14-4-2-1-3-5-14/h1-6,8,10,12,16,25H,7,9,11,13H2/t16-/m0/s1. The molecule has 3 heterocycles. The quantitative estimate of drug-likeness (QED) is 0.751. The van der Waals surface area contributed by atoms with Gasteiger partial charge in [0.1, 0.15) is 5.69 Å². The van der Waals surface area contributed by atoms with Gasteiger partial charge in [-0.05, 0) is 30.2 Å². The summed E-state index contributed by atoms with van der Waals surface area (Å²) in [5, 5.41) is 8.05. The Labute approximate surface area is 155 Å². The van der Waals surface area contributed by atoms with Crippen LogP contribution in [0, 0.1) is 0 Å². The van der Waals surface area contributed by atoms with Gasteiger partial charge in [-0.3, -0.25) is 9.67 Å². The molecule has 0 saturated heterocycles. The predicted octanol–water partition coefficient (Wildman–Crippen LogP) is 4.07. The second-order valence-corrected chi connectivity index (χ2v) is 6.73. The number of aryl methyl sites for hydroxylation is 1. The van der Waals surface area contributed by atoms with Crippen LogP contribution in [0.3, 0.4) is 0 Å². The molecular formula is C20H19F3N4. The van der Waals surface area contributed by atoms with Crippen molar-refractivity contribution in [3.8, 4) is 11.3 Å². The van der Waals surface area contributed by atoms with Gasteiger partial charge in [-0.25, -0.2) is 0 Å². The van der Waals surface area contributed by atoms with Crippen molar-refractivity contribution in [3.63, 3.8) is 0 Å². The van der Waals surface area contributed by atoms with E-state index in [1.54, 1.807) is 6.07 Å². The van der Waals surface area contributed by atoms with Gasteiger partial charge in [0.15, 0.2) is 0 Å². The van der Waals surface area contributed by atoms with Crippen LogP contribution in [0.2, 0.25) is 0 Å². The number of fused-ring (bicyclic) bond motifs is 1. The molecule has 0 bridgehead atoms. The molecule has 0 radical (unpaired) electrons. The minimum Gasteiger partial charge on any atom is -0.309 e. The maximum absolute atomic E-state index is 12.9. The van der Waals surface area contributed by atoms with Crippen LogP contribution in [0.4, 0.5) is 13.2 Å². The number of aromatic nitrogens is 3. The number of rotatable bonds is 4. The van der Waals surface area contributed by atoms with Gasteiger partial charge in [0.25, 0.3) is 0 Å². The van der Waals surface area contributed by atoms with E-state index in [2.05, 4.69) is 27.5 Å². The highest BCUT2D eigenvalue weighted by Crippen LogP contribution is 2.31. The van der Waals surface area contributed by atoms with Crippen LogP contribution >= 0.6 is 0 Å². The SMILES string of the molecule is FC(F)(F)c1cc(-c2cc3n(n2)CC[C@H](NCc2ccccc2)C3)ccn1. The smallest absolute Gasteiger partial charge is 0.309 e. The Morgan fingerprint density at radius 1 is 1.11 bits per heavy atom. The van der Waals surface area contributed by atoms with Crippen molar-refractivity contribution in [2.75, 3.05) is 0 Å². The third-order valence-electron chi connectivity index (χ3n) is 4.79. The van der Waals surface area contributed by atoms with E-state index >= 15 is 0 Å². The molecule has 0 aliphatic carbocycles. The van der Waals surface area contributed by atoms with Crippen molar-refractivity contribution in [2.24, 2.45) is 0 Å². The van der Waals surface area contributed by atoms with Gasteiger partial charge in [-0.15, -0.1) is 0 Å². The number of benzene rings is 1. The molecule has 0 saturated carbocycles. The summed E-state index contributed by atoms with van der Waals surface area (Å²) in [5.41, 5.74) is 2.36. The van der Waals surface area contributed by atoms with Gasteiger partial charge >= 0.3 is 6.18 Å². The van der Waals surface area contributed by atoms with Crippen molar-refractivity contribution in [1.29, 1.82) is 0 Å². The van der Waals surface area contributed by atoms with Crippen molar-refractivity contribution in [1.82, 2.24) is 20.1 Å². The van der Waals surface area contributed by atoms with E-state index in [9.17, 15) is 13.2 Å². The molecule has 0 unspecified atom stereocenters. The highest BCUT2D eigenvalue weighted by Gasteiger charge is 2.32.